The van der Waals surface area contributed by atoms with Gasteiger partial charge in [-0.2, -0.15) is 11.8 Å². The van der Waals surface area contributed by atoms with Crippen molar-refractivity contribution in [2.75, 3.05) is 12.4 Å². The lowest BCUT2D eigenvalue weighted by Crippen LogP contribution is -2.09. The topological polar surface area (TPSA) is 26.3 Å². The average Bonchev–Trinajstić information content (AvgIpc) is 2.42. The van der Waals surface area contributed by atoms with Gasteiger partial charge in [-0.3, -0.25) is 4.79 Å². The largest absolute Gasteiger partial charge is 0.493 e. The Balaban J connectivity index is 2.66. The quantitative estimate of drug-likeness (QED) is 0.660. The molecule has 1 unspecified atom stereocenters. The van der Waals surface area contributed by atoms with Crippen LogP contribution in [0.15, 0.2) is 24.3 Å². The number of Topliss-reactive ketones (excluding diaryl/α,β-unsaturated/α-hetero) is 1. The van der Waals surface area contributed by atoms with E-state index in [0.717, 1.165) is 12.8 Å². The summed E-state index contributed by atoms with van der Waals surface area (Å²) in [5, 5.41) is 0.526. The number of para-hydroxylation sites is 1. The first-order valence-corrected chi connectivity index (χ1v) is 7.60. The summed E-state index contributed by atoms with van der Waals surface area (Å²) >= 11 is 1.71. The highest BCUT2D eigenvalue weighted by molar-refractivity contribution is 8.00. The van der Waals surface area contributed by atoms with E-state index in [1.54, 1.807) is 11.8 Å². The van der Waals surface area contributed by atoms with Crippen molar-refractivity contribution in [3.63, 3.8) is 0 Å². The van der Waals surface area contributed by atoms with Gasteiger partial charge in [0.25, 0.3) is 0 Å². The monoisotopic (exact) mass is 266 g/mol. The van der Waals surface area contributed by atoms with E-state index in [9.17, 15) is 4.79 Å². The third-order valence-corrected chi connectivity index (χ3v) is 4.05. The van der Waals surface area contributed by atoms with Gasteiger partial charge in [-0.1, -0.05) is 32.9 Å². The zero-order valence-electron chi connectivity index (χ0n) is 11.4. The van der Waals surface area contributed by atoms with Gasteiger partial charge in [0, 0.05) is 5.25 Å². The van der Waals surface area contributed by atoms with Crippen LogP contribution < -0.4 is 4.74 Å². The highest BCUT2D eigenvalue weighted by Gasteiger charge is 2.13. The number of carbonyl (C=O) groups is 1. The summed E-state index contributed by atoms with van der Waals surface area (Å²) in [5.74, 6) is 1.41. The Bertz CT molecular complexity index is 377. The van der Waals surface area contributed by atoms with Crippen LogP contribution in [0.5, 0.6) is 5.75 Å². The minimum atomic E-state index is 0.159. The van der Waals surface area contributed by atoms with Gasteiger partial charge in [-0.05, 0) is 25.0 Å². The fourth-order valence-corrected chi connectivity index (χ4v) is 2.28. The molecule has 0 radical (unpaired) electrons. The molecule has 0 saturated heterocycles. The van der Waals surface area contributed by atoms with Crippen molar-refractivity contribution in [2.45, 2.75) is 38.9 Å². The summed E-state index contributed by atoms with van der Waals surface area (Å²) in [4.78, 5) is 12.1. The van der Waals surface area contributed by atoms with Gasteiger partial charge in [0.2, 0.25) is 0 Å². The Morgan fingerprint density at radius 3 is 2.72 bits per heavy atom. The number of carbonyl (C=O) groups excluding carboxylic acids is 1. The van der Waals surface area contributed by atoms with Gasteiger partial charge >= 0.3 is 0 Å². The summed E-state index contributed by atoms with van der Waals surface area (Å²) in [5.41, 5.74) is 0.710. The fraction of sp³-hybridized carbons (Fsp3) is 0.533. The van der Waals surface area contributed by atoms with E-state index in [1.165, 1.54) is 0 Å². The zero-order chi connectivity index (χ0) is 13.4. The van der Waals surface area contributed by atoms with Crippen LogP contribution in [0, 0.1) is 0 Å². The van der Waals surface area contributed by atoms with Crippen LogP contribution in [-0.4, -0.2) is 23.4 Å². The molecule has 0 aromatic heterocycles. The smallest absolute Gasteiger partial charge is 0.176 e. The molecule has 0 fully saturated rings. The van der Waals surface area contributed by atoms with Crippen molar-refractivity contribution >= 4 is 17.5 Å². The summed E-state index contributed by atoms with van der Waals surface area (Å²) < 4.78 is 5.61. The second kappa shape index (κ2) is 8.20. The molecule has 0 heterocycles. The van der Waals surface area contributed by atoms with Gasteiger partial charge in [0.15, 0.2) is 5.78 Å². The van der Waals surface area contributed by atoms with Crippen molar-refractivity contribution in [1.29, 1.82) is 0 Å². The first kappa shape index (κ1) is 15.1. The molecule has 0 aliphatic carbocycles. The molecular formula is C15H22O2S. The molecule has 1 atom stereocenters. The van der Waals surface area contributed by atoms with E-state index >= 15 is 0 Å². The fourth-order valence-electron chi connectivity index (χ4n) is 1.45. The van der Waals surface area contributed by atoms with E-state index in [0.29, 0.717) is 28.9 Å². The molecule has 0 bridgehead atoms. The second-order valence-corrected chi connectivity index (χ2v) is 5.72. The molecule has 18 heavy (non-hydrogen) atoms. The standard InChI is InChI=1S/C15H22O2S/c1-4-10-17-15-9-7-6-8-13(15)14(16)11-18-12(3)5-2/h6-9,12H,4-5,10-11H2,1-3H3. The SMILES string of the molecule is CCCOc1ccccc1C(=O)CSC(C)CC. The lowest BCUT2D eigenvalue weighted by atomic mass is 10.1. The molecule has 0 spiro atoms. The minimum absolute atomic E-state index is 0.159. The molecule has 100 valence electrons. The molecular weight excluding hydrogens is 244 g/mol. The van der Waals surface area contributed by atoms with Crippen LogP contribution in [-0.2, 0) is 0 Å². The first-order chi connectivity index (χ1) is 8.69. The Hall–Kier alpha value is -0.960. The molecule has 0 aliphatic rings. The number of hydrogen-bond donors (Lipinski definition) is 0. The number of rotatable bonds is 8. The highest BCUT2D eigenvalue weighted by atomic mass is 32.2. The molecule has 1 aromatic carbocycles. The maximum absolute atomic E-state index is 12.1. The average molecular weight is 266 g/mol. The summed E-state index contributed by atoms with van der Waals surface area (Å²) in [6, 6.07) is 7.52. The van der Waals surface area contributed by atoms with Crippen LogP contribution >= 0.6 is 11.8 Å². The van der Waals surface area contributed by atoms with E-state index in [-0.39, 0.29) is 5.78 Å². The Morgan fingerprint density at radius 1 is 1.33 bits per heavy atom. The van der Waals surface area contributed by atoms with E-state index in [4.69, 9.17) is 4.74 Å². The molecule has 0 saturated carbocycles. The molecule has 3 heteroatoms. The minimum Gasteiger partial charge on any atom is -0.493 e. The number of ketones is 1. The van der Waals surface area contributed by atoms with E-state index in [1.807, 2.05) is 24.3 Å². The molecule has 1 rings (SSSR count). The van der Waals surface area contributed by atoms with Crippen LogP contribution in [0.1, 0.15) is 44.0 Å². The Kier molecular flexibility index (Phi) is 6.88. The number of benzene rings is 1. The molecule has 0 aliphatic heterocycles. The van der Waals surface area contributed by atoms with Crippen molar-refractivity contribution in [3.8, 4) is 5.75 Å². The predicted octanol–water partition coefficient (Wildman–Crippen LogP) is 4.19. The van der Waals surface area contributed by atoms with E-state index in [2.05, 4.69) is 20.8 Å². The normalized spacial score (nSPS) is 12.2. The van der Waals surface area contributed by atoms with Gasteiger partial charge < -0.3 is 4.74 Å². The number of hydrogen-bond acceptors (Lipinski definition) is 3. The summed E-state index contributed by atoms with van der Waals surface area (Å²) in [6.45, 7) is 7.00. The highest BCUT2D eigenvalue weighted by Crippen LogP contribution is 2.22. The Labute approximate surface area is 114 Å². The summed E-state index contributed by atoms with van der Waals surface area (Å²) in [6.07, 6.45) is 2.04. The second-order valence-electron chi connectivity index (χ2n) is 4.30. The van der Waals surface area contributed by atoms with Gasteiger partial charge in [-0.15, -0.1) is 0 Å². The Morgan fingerprint density at radius 2 is 2.06 bits per heavy atom. The molecule has 1 aromatic rings. The van der Waals surface area contributed by atoms with Crippen LogP contribution in [0.3, 0.4) is 0 Å². The van der Waals surface area contributed by atoms with Crippen LogP contribution in [0.25, 0.3) is 0 Å². The first-order valence-electron chi connectivity index (χ1n) is 6.55. The third kappa shape index (κ3) is 4.73. The van der Waals surface area contributed by atoms with Crippen molar-refractivity contribution in [2.24, 2.45) is 0 Å². The predicted molar refractivity (Wildman–Crippen MR) is 78.8 cm³/mol. The number of thioether (sulfide) groups is 1. The molecule has 2 nitrogen and oxygen atoms in total. The third-order valence-electron chi connectivity index (χ3n) is 2.72. The van der Waals surface area contributed by atoms with E-state index < -0.39 is 0 Å². The lowest BCUT2D eigenvalue weighted by molar-refractivity contribution is 0.101. The zero-order valence-corrected chi connectivity index (χ0v) is 12.3. The van der Waals surface area contributed by atoms with Crippen LogP contribution in [0.4, 0.5) is 0 Å². The van der Waals surface area contributed by atoms with Crippen molar-refractivity contribution in [1.82, 2.24) is 0 Å². The maximum Gasteiger partial charge on any atom is 0.176 e. The van der Waals surface area contributed by atoms with Gasteiger partial charge in [0.1, 0.15) is 5.75 Å². The van der Waals surface area contributed by atoms with Gasteiger partial charge in [0.05, 0.1) is 17.9 Å². The lowest BCUT2D eigenvalue weighted by Gasteiger charge is -2.11. The summed E-state index contributed by atoms with van der Waals surface area (Å²) in [7, 11) is 0. The maximum atomic E-state index is 12.1. The van der Waals surface area contributed by atoms with Crippen molar-refractivity contribution in [3.05, 3.63) is 29.8 Å². The number of ether oxygens (including phenoxy) is 1. The molecule has 0 N–H and O–H groups in total. The van der Waals surface area contributed by atoms with Gasteiger partial charge in [-0.25, -0.2) is 0 Å². The van der Waals surface area contributed by atoms with Crippen molar-refractivity contribution < 1.29 is 9.53 Å². The van der Waals surface area contributed by atoms with Crippen LogP contribution in [0.2, 0.25) is 0 Å². The molecule has 0 amide bonds.